The Morgan fingerprint density at radius 1 is 1.12 bits per heavy atom. The van der Waals surface area contributed by atoms with Crippen molar-refractivity contribution in [2.24, 2.45) is 11.8 Å². The number of carbonyl (C=O) groups excluding carboxylic acids is 1. The lowest BCUT2D eigenvalue weighted by molar-refractivity contribution is -0.144. The second-order valence-electron chi connectivity index (χ2n) is 4.76. The van der Waals surface area contributed by atoms with Gasteiger partial charge in [-0.1, -0.05) is 53.4 Å². The zero-order valence-corrected chi connectivity index (χ0v) is 11.4. The molecule has 0 aromatic heterocycles. The van der Waals surface area contributed by atoms with Crippen LogP contribution in [-0.2, 0) is 9.53 Å². The van der Waals surface area contributed by atoms with Gasteiger partial charge in [0, 0.05) is 6.42 Å². The number of carbonyl (C=O) groups is 1. The molecule has 0 aliphatic heterocycles. The van der Waals surface area contributed by atoms with Crippen molar-refractivity contribution < 1.29 is 9.53 Å². The van der Waals surface area contributed by atoms with E-state index < -0.39 is 0 Å². The summed E-state index contributed by atoms with van der Waals surface area (Å²) in [6.07, 6.45) is 6.62. The maximum Gasteiger partial charge on any atom is 0.305 e. The summed E-state index contributed by atoms with van der Waals surface area (Å²) in [4.78, 5) is 11.0. The zero-order chi connectivity index (χ0) is 12.4. The Morgan fingerprint density at radius 2 is 1.81 bits per heavy atom. The third-order valence-corrected chi connectivity index (χ3v) is 3.35. The molecule has 96 valence electrons. The van der Waals surface area contributed by atoms with E-state index in [1.165, 1.54) is 25.7 Å². The third kappa shape index (κ3) is 7.72. The first-order valence-electron chi connectivity index (χ1n) is 6.79. The van der Waals surface area contributed by atoms with Gasteiger partial charge in [0.05, 0.1) is 6.61 Å². The molecule has 0 N–H and O–H groups in total. The minimum Gasteiger partial charge on any atom is -0.465 e. The van der Waals surface area contributed by atoms with E-state index in [4.69, 9.17) is 4.74 Å². The van der Waals surface area contributed by atoms with Crippen LogP contribution in [0.1, 0.15) is 66.2 Å². The van der Waals surface area contributed by atoms with Gasteiger partial charge in [-0.05, 0) is 18.3 Å². The predicted molar refractivity (Wildman–Crippen MR) is 68.3 cm³/mol. The van der Waals surface area contributed by atoms with E-state index in [0.29, 0.717) is 18.9 Å². The highest BCUT2D eigenvalue weighted by Gasteiger charge is 2.09. The molecule has 0 spiro atoms. The lowest BCUT2D eigenvalue weighted by Crippen LogP contribution is -2.13. The van der Waals surface area contributed by atoms with Crippen LogP contribution in [0.2, 0.25) is 0 Å². The number of ether oxygens (including phenoxy) is 1. The van der Waals surface area contributed by atoms with Gasteiger partial charge in [0.15, 0.2) is 0 Å². The van der Waals surface area contributed by atoms with Crippen molar-refractivity contribution in [3.05, 3.63) is 0 Å². The van der Waals surface area contributed by atoms with Gasteiger partial charge in [-0.15, -0.1) is 0 Å². The maximum atomic E-state index is 11.0. The predicted octanol–water partition coefficient (Wildman–Crippen LogP) is 4.18. The third-order valence-electron chi connectivity index (χ3n) is 3.35. The molecule has 2 atom stereocenters. The van der Waals surface area contributed by atoms with Crippen molar-refractivity contribution in [1.82, 2.24) is 0 Å². The highest BCUT2D eigenvalue weighted by atomic mass is 16.5. The number of hydrogen-bond acceptors (Lipinski definition) is 2. The topological polar surface area (TPSA) is 26.3 Å². The van der Waals surface area contributed by atoms with Gasteiger partial charge in [-0.25, -0.2) is 0 Å². The first kappa shape index (κ1) is 15.5. The number of hydrogen-bond donors (Lipinski definition) is 0. The van der Waals surface area contributed by atoms with Gasteiger partial charge in [0.1, 0.15) is 0 Å². The lowest BCUT2D eigenvalue weighted by atomic mass is 9.95. The van der Waals surface area contributed by atoms with Crippen LogP contribution in [0.3, 0.4) is 0 Å². The first-order valence-corrected chi connectivity index (χ1v) is 6.79. The van der Waals surface area contributed by atoms with Crippen LogP contribution in [0.15, 0.2) is 0 Å². The summed E-state index contributed by atoms with van der Waals surface area (Å²) in [5, 5.41) is 0. The molecule has 0 saturated carbocycles. The minimum atomic E-state index is -0.0691. The fourth-order valence-electron chi connectivity index (χ4n) is 1.68. The van der Waals surface area contributed by atoms with Gasteiger partial charge in [-0.2, -0.15) is 0 Å². The quantitative estimate of drug-likeness (QED) is 0.553. The molecule has 0 radical (unpaired) electrons. The summed E-state index contributed by atoms with van der Waals surface area (Å²) in [6.45, 7) is 9.17. The van der Waals surface area contributed by atoms with Crippen LogP contribution in [0.5, 0.6) is 0 Å². The van der Waals surface area contributed by atoms with E-state index in [1.54, 1.807) is 0 Å². The molecule has 2 nitrogen and oxygen atoms in total. The Morgan fingerprint density at radius 3 is 2.31 bits per heavy atom. The summed E-state index contributed by atoms with van der Waals surface area (Å²) < 4.78 is 5.19. The molecule has 0 aromatic carbocycles. The van der Waals surface area contributed by atoms with Crippen molar-refractivity contribution in [2.45, 2.75) is 66.2 Å². The average molecular weight is 228 g/mol. The monoisotopic (exact) mass is 228 g/mol. The molecule has 0 amide bonds. The molecule has 0 heterocycles. The fraction of sp³-hybridized carbons (Fsp3) is 0.929. The first-order chi connectivity index (χ1) is 7.63. The Bertz CT molecular complexity index is 178. The highest BCUT2D eigenvalue weighted by Crippen LogP contribution is 2.17. The van der Waals surface area contributed by atoms with Crippen molar-refractivity contribution >= 4 is 5.97 Å². The van der Waals surface area contributed by atoms with Gasteiger partial charge >= 0.3 is 5.97 Å². The Labute approximate surface area is 101 Å². The SMILES string of the molecule is CCC(=O)OCC(CC)CCCC(C)CC. The molecule has 0 fully saturated rings. The summed E-state index contributed by atoms with van der Waals surface area (Å²) in [5.74, 6) is 1.32. The summed E-state index contributed by atoms with van der Waals surface area (Å²) in [5.41, 5.74) is 0. The van der Waals surface area contributed by atoms with E-state index in [-0.39, 0.29) is 5.97 Å². The van der Waals surface area contributed by atoms with Gasteiger partial charge in [0.2, 0.25) is 0 Å². The summed E-state index contributed by atoms with van der Waals surface area (Å²) in [7, 11) is 0. The second-order valence-corrected chi connectivity index (χ2v) is 4.76. The Kier molecular flexibility index (Phi) is 9.36. The van der Waals surface area contributed by atoms with Crippen LogP contribution in [0, 0.1) is 11.8 Å². The van der Waals surface area contributed by atoms with Gasteiger partial charge < -0.3 is 4.74 Å². The molecule has 0 aliphatic carbocycles. The van der Waals surface area contributed by atoms with Crippen molar-refractivity contribution in [3.8, 4) is 0 Å². The standard InChI is InChI=1S/C14H28O2/c1-5-12(4)9-8-10-13(6-2)11-16-14(15)7-3/h12-13H,5-11H2,1-4H3. The van der Waals surface area contributed by atoms with Crippen LogP contribution in [0.4, 0.5) is 0 Å². The Hall–Kier alpha value is -0.530. The molecule has 0 aromatic rings. The van der Waals surface area contributed by atoms with Crippen molar-refractivity contribution in [3.63, 3.8) is 0 Å². The summed E-state index contributed by atoms with van der Waals surface area (Å²) in [6, 6.07) is 0. The normalized spacial score (nSPS) is 14.5. The van der Waals surface area contributed by atoms with Crippen molar-refractivity contribution in [1.29, 1.82) is 0 Å². The lowest BCUT2D eigenvalue weighted by Gasteiger charge is -2.16. The number of esters is 1. The molecule has 0 rings (SSSR count). The fourth-order valence-corrected chi connectivity index (χ4v) is 1.68. The minimum absolute atomic E-state index is 0.0691. The van der Waals surface area contributed by atoms with Gasteiger partial charge in [-0.3, -0.25) is 4.79 Å². The molecule has 0 aliphatic rings. The number of rotatable bonds is 9. The van der Waals surface area contributed by atoms with E-state index in [1.807, 2.05) is 6.92 Å². The van der Waals surface area contributed by atoms with E-state index in [2.05, 4.69) is 20.8 Å². The van der Waals surface area contributed by atoms with Crippen LogP contribution in [0.25, 0.3) is 0 Å². The second kappa shape index (κ2) is 9.68. The largest absolute Gasteiger partial charge is 0.465 e. The molecule has 0 saturated heterocycles. The zero-order valence-electron chi connectivity index (χ0n) is 11.4. The molecular formula is C14H28O2. The molecule has 0 bridgehead atoms. The molecule has 16 heavy (non-hydrogen) atoms. The average Bonchev–Trinajstić information content (AvgIpc) is 2.32. The van der Waals surface area contributed by atoms with Crippen LogP contribution in [-0.4, -0.2) is 12.6 Å². The van der Waals surface area contributed by atoms with E-state index in [0.717, 1.165) is 12.3 Å². The van der Waals surface area contributed by atoms with Crippen LogP contribution >= 0.6 is 0 Å². The molecular weight excluding hydrogens is 200 g/mol. The molecule has 2 unspecified atom stereocenters. The maximum absolute atomic E-state index is 11.0. The van der Waals surface area contributed by atoms with E-state index in [9.17, 15) is 4.79 Å². The summed E-state index contributed by atoms with van der Waals surface area (Å²) >= 11 is 0. The highest BCUT2D eigenvalue weighted by molar-refractivity contribution is 5.68. The smallest absolute Gasteiger partial charge is 0.305 e. The van der Waals surface area contributed by atoms with Crippen LogP contribution < -0.4 is 0 Å². The van der Waals surface area contributed by atoms with E-state index >= 15 is 0 Å². The van der Waals surface area contributed by atoms with Crippen molar-refractivity contribution in [2.75, 3.05) is 6.61 Å². The Balaban J connectivity index is 3.62. The van der Waals surface area contributed by atoms with Gasteiger partial charge in [0.25, 0.3) is 0 Å². The molecule has 2 heteroatoms.